The fraction of sp³-hybridized carbons (Fsp3) is 0.286. The first kappa shape index (κ1) is 18.8. The van der Waals surface area contributed by atoms with Gasteiger partial charge in [0.25, 0.3) is 0 Å². The molecular weight excluding hydrogens is 322 g/mol. The number of fused-ring (bicyclic) bond motifs is 1. The van der Waals surface area contributed by atoms with E-state index in [0.29, 0.717) is 0 Å². The van der Waals surface area contributed by atoms with Crippen molar-refractivity contribution in [1.29, 1.82) is 0 Å². The van der Waals surface area contributed by atoms with Gasteiger partial charge in [-0.3, -0.25) is 0 Å². The highest BCUT2D eigenvalue weighted by Crippen LogP contribution is 2.43. The summed E-state index contributed by atoms with van der Waals surface area (Å²) >= 11 is 0. The van der Waals surface area contributed by atoms with Crippen molar-refractivity contribution in [1.82, 2.24) is 0 Å². The van der Waals surface area contributed by atoms with Crippen molar-refractivity contribution < 1.29 is 37.6 Å². The van der Waals surface area contributed by atoms with E-state index in [-0.39, 0.29) is 11.3 Å². The molecule has 0 aliphatic carbocycles. The summed E-state index contributed by atoms with van der Waals surface area (Å²) < 4.78 is 57.6. The SMILES string of the molecule is CC.Cc1cc(N)c(O)c2c(F)c(F)c(F)c(OC(O)(O)F)c12. The summed E-state index contributed by atoms with van der Waals surface area (Å²) in [5, 5.41) is 25.3. The van der Waals surface area contributed by atoms with Gasteiger partial charge in [-0.1, -0.05) is 13.8 Å². The van der Waals surface area contributed by atoms with Gasteiger partial charge in [0, 0.05) is 5.39 Å². The molecule has 0 spiro atoms. The zero-order valence-electron chi connectivity index (χ0n) is 12.4. The van der Waals surface area contributed by atoms with E-state index in [9.17, 15) is 22.7 Å². The van der Waals surface area contributed by atoms with Crippen molar-refractivity contribution >= 4 is 16.5 Å². The predicted octanol–water partition coefficient (Wildman–Crippen LogP) is 2.82. The minimum absolute atomic E-state index is 0.0163. The molecule has 2 rings (SSSR count). The largest absolute Gasteiger partial charge is 0.505 e. The number of phenols is 1. The number of aliphatic hydroxyl groups is 2. The number of hydrogen-bond donors (Lipinski definition) is 4. The van der Waals surface area contributed by atoms with Crippen LogP contribution in [0.5, 0.6) is 11.5 Å². The lowest BCUT2D eigenvalue weighted by atomic mass is 10.0. The molecule has 2 aromatic carbocycles. The monoisotopic (exact) mass is 337 g/mol. The topological polar surface area (TPSA) is 95.9 Å². The standard InChI is InChI=1S/C12H9F4NO4.C2H6/c1-3-2-4(17)10(18)6-5(3)11(21-12(16,19)20)9(15)8(14)7(6)13;1-2/h2,18-20H,17H2,1H3;1-2H3. The second kappa shape index (κ2) is 6.47. The van der Waals surface area contributed by atoms with Gasteiger partial charge in [0.2, 0.25) is 5.82 Å². The summed E-state index contributed by atoms with van der Waals surface area (Å²) in [7, 11) is 0. The van der Waals surface area contributed by atoms with Crippen LogP contribution in [0.2, 0.25) is 0 Å². The van der Waals surface area contributed by atoms with Gasteiger partial charge in [-0.15, -0.1) is 4.39 Å². The van der Waals surface area contributed by atoms with Crippen LogP contribution in [-0.2, 0) is 0 Å². The molecule has 5 N–H and O–H groups in total. The summed E-state index contributed by atoms with van der Waals surface area (Å²) in [6.07, 6.45) is -4.33. The third kappa shape index (κ3) is 3.40. The van der Waals surface area contributed by atoms with Crippen LogP contribution in [0.15, 0.2) is 6.07 Å². The number of aromatic hydroxyl groups is 1. The van der Waals surface area contributed by atoms with Gasteiger partial charge < -0.3 is 25.8 Å². The fourth-order valence-corrected chi connectivity index (χ4v) is 1.98. The molecule has 0 amide bonds. The molecule has 0 saturated carbocycles. The van der Waals surface area contributed by atoms with Crippen molar-refractivity contribution in [3.8, 4) is 11.5 Å². The molecule has 0 atom stereocenters. The Morgan fingerprint density at radius 2 is 1.57 bits per heavy atom. The fourth-order valence-electron chi connectivity index (χ4n) is 1.98. The molecule has 0 bridgehead atoms. The Morgan fingerprint density at radius 3 is 2.04 bits per heavy atom. The molecule has 0 unspecified atom stereocenters. The Morgan fingerprint density at radius 1 is 1.04 bits per heavy atom. The first-order valence-electron chi connectivity index (χ1n) is 6.45. The van der Waals surface area contributed by atoms with Gasteiger partial charge in [0.15, 0.2) is 17.4 Å². The number of rotatable bonds is 2. The highest BCUT2D eigenvalue weighted by molar-refractivity contribution is 5.99. The average Bonchev–Trinajstić information content (AvgIpc) is 2.46. The molecule has 0 saturated heterocycles. The number of anilines is 1. The van der Waals surface area contributed by atoms with Crippen LogP contribution in [0.4, 0.5) is 23.2 Å². The summed E-state index contributed by atoms with van der Waals surface area (Å²) in [4.78, 5) is 0. The summed E-state index contributed by atoms with van der Waals surface area (Å²) in [5.41, 5.74) is 5.02. The number of alkyl halides is 1. The Bertz CT molecular complexity index is 744. The normalized spacial score (nSPS) is 11.2. The smallest absolute Gasteiger partial charge is 0.492 e. The van der Waals surface area contributed by atoms with Gasteiger partial charge >= 0.3 is 6.23 Å². The van der Waals surface area contributed by atoms with Crippen LogP contribution in [0.25, 0.3) is 10.8 Å². The third-order valence-electron chi connectivity index (χ3n) is 2.79. The van der Waals surface area contributed by atoms with Crippen molar-refractivity contribution in [2.75, 3.05) is 5.73 Å². The van der Waals surface area contributed by atoms with E-state index in [1.807, 2.05) is 13.8 Å². The molecule has 23 heavy (non-hydrogen) atoms. The summed E-state index contributed by atoms with van der Waals surface area (Å²) in [5.74, 6) is -8.09. The van der Waals surface area contributed by atoms with Crippen LogP contribution in [0, 0.1) is 24.4 Å². The molecule has 128 valence electrons. The second-order valence-electron chi connectivity index (χ2n) is 4.28. The Labute approximate surface area is 128 Å². The molecule has 0 fully saturated rings. The molecule has 5 nitrogen and oxygen atoms in total. The van der Waals surface area contributed by atoms with E-state index in [1.54, 1.807) is 0 Å². The zero-order chi connectivity index (χ0) is 18.1. The summed E-state index contributed by atoms with van der Waals surface area (Å²) in [6, 6.07) is 1.07. The van der Waals surface area contributed by atoms with E-state index in [4.69, 9.17) is 15.9 Å². The lowest BCUT2D eigenvalue weighted by Gasteiger charge is -2.18. The molecule has 0 aliphatic heterocycles. The zero-order valence-corrected chi connectivity index (χ0v) is 12.4. The molecule has 0 aliphatic rings. The van der Waals surface area contributed by atoms with E-state index in [1.165, 1.54) is 6.92 Å². The van der Waals surface area contributed by atoms with Crippen LogP contribution >= 0.6 is 0 Å². The lowest BCUT2D eigenvalue weighted by molar-refractivity contribution is -0.375. The highest BCUT2D eigenvalue weighted by Gasteiger charge is 2.32. The van der Waals surface area contributed by atoms with E-state index in [2.05, 4.69) is 4.74 Å². The van der Waals surface area contributed by atoms with Crippen molar-refractivity contribution in [2.24, 2.45) is 0 Å². The molecule has 9 heteroatoms. The highest BCUT2D eigenvalue weighted by atomic mass is 19.2. The number of benzene rings is 2. The predicted molar refractivity (Wildman–Crippen MR) is 74.9 cm³/mol. The molecule has 0 radical (unpaired) electrons. The second-order valence-corrected chi connectivity index (χ2v) is 4.28. The van der Waals surface area contributed by atoms with Crippen LogP contribution in [0.1, 0.15) is 19.4 Å². The van der Waals surface area contributed by atoms with Gasteiger partial charge in [-0.2, -0.15) is 4.39 Å². The first-order valence-corrected chi connectivity index (χ1v) is 6.45. The Balaban J connectivity index is 0.00000127. The number of nitrogen functional groups attached to an aromatic ring is 1. The maximum absolute atomic E-state index is 13.8. The molecular formula is C14H15F4NO4. The molecule has 0 aromatic heterocycles. The van der Waals surface area contributed by atoms with Gasteiger partial charge in [0.1, 0.15) is 5.75 Å². The first-order chi connectivity index (χ1) is 10.5. The van der Waals surface area contributed by atoms with Gasteiger partial charge in [-0.05, 0) is 18.6 Å². The van der Waals surface area contributed by atoms with E-state index >= 15 is 0 Å². The maximum atomic E-state index is 13.8. The number of halogens is 4. The van der Waals surface area contributed by atoms with Crippen LogP contribution in [0.3, 0.4) is 0 Å². The van der Waals surface area contributed by atoms with Gasteiger partial charge in [-0.25, -0.2) is 8.78 Å². The number of aryl methyl sites for hydroxylation is 1. The molecule has 2 aromatic rings. The average molecular weight is 337 g/mol. The maximum Gasteiger partial charge on any atom is 0.492 e. The summed E-state index contributed by atoms with van der Waals surface area (Å²) in [6.45, 7) is 5.26. The molecule has 0 heterocycles. The number of phenolic OH excluding ortho intramolecular Hbond substituents is 1. The quantitative estimate of drug-likeness (QED) is 0.222. The number of nitrogens with two attached hydrogens (primary N) is 1. The van der Waals surface area contributed by atoms with Gasteiger partial charge in [0.05, 0.1) is 11.1 Å². The van der Waals surface area contributed by atoms with Crippen LogP contribution in [-0.4, -0.2) is 21.5 Å². The van der Waals surface area contributed by atoms with Crippen molar-refractivity contribution in [2.45, 2.75) is 27.0 Å². The lowest BCUT2D eigenvalue weighted by Crippen LogP contribution is -2.30. The minimum Gasteiger partial charge on any atom is -0.505 e. The Kier molecular flexibility index (Phi) is 5.28. The van der Waals surface area contributed by atoms with E-state index < -0.39 is 46.0 Å². The van der Waals surface area contributed by atoms with Crippen LogP contribution < -0.4 is 10.5 Å². The third-order valence-corrected chi connectivity index (χ3v) is 2.79. The van der Waals surface area contributed by atoms with Crippen molar-refractivity contribution in [3.05, 3.63) is 29.1 Å². The Hall–Kier alpha value is -2.26. The van der Waals surface area contributed by atoms with Crippen molar-refractivity contribution in [3.63, 3.8) is 0 Å². The number of ether oxygens (including phenoxy) is 1. The minimum atomic E-state index is -4.33. The number of hydrogen-bond acceptors (Lipinski definition) is 5. The van der Waals surface area contributed by atoms with E-state index in [0.717, 1.165) is 6.07 Å².